The van der Waals surface area contributed by atoms with Crippen LogP contribution < -0.4 is 5.32 Å². The monoisotopic (exact) mass is 369 g/mol. The standard InChI is InChI=1S/C20H24FN5O/c1-3-4-7-16(14-6-5-10-22-12-14)25-20(27)26(2)13-19-23-17-9-8-15(21)11-18(17)24-19/h5-6,8-12,16H,3-4,7,13H2,1-2H3,(H,23,24)(H,25,27)/t16-/m0/s1. The molecule has 2 aromatic heterocycles. The van der Waals surface area contributed by atoms with Crippen LogP contribution in [0.5, 0.6) is 0 Å². The van der Waals surface area contributed by atoms with Crippen LogP contribution >= 0.6 is 0 Å². The number of fused-ring (bicyclic) bond motifs is 1. The second-order valence-corrected chi connectivity index (χ2v) is 6.63. The lowest BCUT2D eigenvalue weighted by Gasteiger charge is -2.23. The van der Waals surface area contributed by atoms with Gasteiger partial charge in [-0.25, -0.2) is 14.2 Å². The molecule has 1 atom stereocenters. The Morgan fingerprint density at radius 1 is 1.37 bits per heavy atom. The molecule has 0 saturated carbocycles. The summed E-state index contributed by atoms with van der Waals surface area (Å²) in [6, 6.07) is 7.96. The van der Waals surface area contributed by atoms with Gasteiger partial charge < -0.3 is 15.2 Å². The average molecular weight is 369 g/mol. The van der Waals surface area contributed by atoms with E-state index in [0.717, 1.165) is 24.8 Å². The van der Waals surface area contributed by atoms with E-state index >= 15 is 0 Å². The summed E-state index contributed by atoms with van der Waals surface area (Å²) in [4.78, 5) is 25.8. The van der Waals surface area contributed by atoms with Crippen LogP contribution in [0.25, 0.3) is 11.0 Å². The second-order valence-electron chi connectivity index (χ2n) is 6.63. The summed E-state index contributed by atoms with van der Waals surface area (Å²) in [7, 11) is 1.71. The van der Waals surface area contributed by atoms with E-state index < -0.39 is 0 Å². The van der Waals surface area contributed by atoms with Crippen molar-refractivity contribution in [3.05, 3.63) is 59.9 Å². The number of aromatic amines is 1. The smallest absolute Gasteiger partial charge is 0.318 e. The van der Waals surface area contributed by atoms with Crippen molar-refractivity contribution in [1.29, 1.82) is 0 Å². The highest BCUT2D eigenvalue weighted by molar-refractivity contribution is 5.76. The maximum absolute atomic E-state index is 13.3. The minimum absolute atomic E-state index is 0.0848. The van der Waals surface area contributed by atoms with E-state index in [4.69, 9.17) is 0 Å². The summed E-state index contributed by atoms with van der Waals surface area (Å²) < 4.78 is 13.3. The van der Waals surface area contributed by atoms with Gasteiger partial charge in [-0.3, -0.25) is 4.98 Å². The molecule has 2 amide bonds. The number of carbonyl (C=O) groups excluding carboxylic acids is 1. The summed E-state index contributed by atoms with van der Waals surface area (Å²) in [5.74, 6) is 0.291. The first-order chi connectivity index (χ1) is 13.1. The molecule has 7 heteroatoms. The van der Waals surface area contributed by atoms with E-state index in [0.29, 0.717) is 23.4 Å². The predicted octanol–water partition coefficient (Wildman–Crippen LogP) is 4.17. The number of nitrogens with one attached hydrogen (secondary N) is 2. The number of amides is 2. The van der Waals surface area contributed by atoms with E-state index in [1.807, 2.05) is 12.1 Å². The summed E-state index contributed by atoms with van der Waals surface area (Å²) in [6.45, 7) is 2.42. The molecular weight excluding hydrogens is 345 g/mol. The number of imidazole rings is 1. The lowest BCUT2D eigenvalue weighted by molar-refractivity contribution is 0.200. The van der Waals surface area contributed by atoms with E-state index in [-0.39, 0.29) is 17.9 Å². The highest BCUT2D eigenvalue weighted by Gasteiger charge is 2.18. The third kappa shape index (κ3) is 4.81. The van der Waals surface area contributed by atoms with Gasteiger partial charge in [-0.1, -0.05) is 25.8 Å². The number of H-pyrrole nitrogens is 1. The van der Waals surface area contributed by atoms with Crippen LogP contribution in [-0.2, 0) is 6.54 Å². The van der Waals surface area contributed by atoms with Gasteiger partial charge in [0.1, 0.15) is 11.6 Å². The zero-order valence-corrected chi connectivity index (χ0v) is 15.6. The Labute approximate surface area is 157 Å². The van der Waals surface area contributed by atoms with E-state index in [2.05, 4.69) is 27.2 Å². The first-order valence-corrected chi connectivity index (χ1v) is 9.12. The number of nitrogens with zero attached hydrogens (tertiary/aromatic N) is 3. The summed E-state index contributed by atoms with van der Waals surface area (Å²) in [5.41, 5.74) is 2.29. The molecule has 0 saturated heterocycles. The predicted molar refractivity (Wildman–Crippen MR) is 103 cm³/mol. The maximum Gasteiger partial charge on any atom is 0.318 e. The number of halogens is 1. The molecule has 0 fully saturated rings. The average Bonchev–Trinajstić information content (AvgIpc) is 3.06. The van der Waals surface area contributed by atoms with Gasteiger partial charge in [-0.05, 0) is 36.2 Å². The Morgan fingerprint density at radius 3 is 2.96 bits per heavy atom. The molecular formula is C20H24FN5O. The maximum atomic E-state index is 13.3. The van der Waals surface area contributed by atoms with Gasteiger partial charge in [-0.15, -0.1) is 0 Å². The fourth-order valence-corrected chi connectivity index (χ4v) is 2.98. The van der Waals surface area contributed by atoms with Crippen molar-refractivity contribution in [2.24, 2.45) is 0 Å². The van der Waals surface area contributed by atoms with E-state index in [1.54, 1.807) is 30.4 Å². The summed E-state index contributed by atoms with van der Waals surface area (Å²) >= 11 is 0. The van der Waals surface area contributed by atoms with Crippen LogP contribution in [0, 0.1) is 5.82 Å². The number of urea groups is 1. The molecule has 0 spiro atoms. The van der Waals surface area contributed by atoms with Crippen LogP contribution in [0.3, 0.4) is 0 Å². The van der Waals surface area contributed by atoms with Crippen LogP contribution in [0.2, 0.25) is 0 Å². The molecule has 3 aromatic rings. The fraction of sp³-hybridized carbons (Fsp3) is 0.350. The van der Waals surface area contributed by atoms with Crippen molar-refractivity contribution in [1.82, 2.24) is 25.2 Å². The van der Waals surface area contributed by atoms with Crippen molar-refractivity contribution in [2.45, 2.75) is 38.8 Å². The molecule has 3 rings (SSSR count). The summed E-state index contributed by atoms with van der Waals surface area (Å²) in [6.07, 6.45) is 6.43. The normalized spacial score (nSPS) is 12.1. The van der Waals surface area contributed by atoms with Crippen molar-refractivity contribution in [3.8, 4) is 0 Å². The topological polar surface area (TPSA) is 73.9 Å². The molecule has 6 nitrogen and oxygen atoms in total. The Balaban J connectivity index is 1.67. The number of pyridine rings is 1. The Kier molecular flexibility index (Phi) is 6.01. The van der Waals surface area contributed by atoms with E-state index in [9.17, 15) is 9.18 Å². The molecule has 0 bridgehead atoms. The molecule has 0 unspecified atom stereocenters. The minimum Gasteiger partial charge on any atom is -0.340 e. The first-order valence-electron chi connectivity index (χ1n) is 9.12. The van der Waals surface area contributed by atoms with Crippen molar-refractivity contribution in [2.75, 3.05) is 7.05 Å². The molecule has 1 aromatic carbocycles. The lowest BCUT2D eigenvalue weighted by Crippen LogP contribution is -2.39. The van der Waals surface area contributed by atoms with Gasteiger partial charge in [0, 0.05) is 19.4 Å². The van der Waals surface area contributed by atoms with Gasteiger partial charge in [0.2, 0.25) is 0 Å². The number of aromatic nitrogens is 3. The van der Waals surface area contributed by atoms with Crippen LogP contribution in [-0.4, -0.2) is 32.9 Å². The van der Waals surface area contributed by atoms with Crippen molar-refractivity contribution < 1.29 is 9.18 Å². The number of unbranched alkanes of at least 4 members (excludes halogenated alkanes) is 1. The molecule has 27 heavy (non-hydrogen) atoms. The Morgan fingerprint density at radius 2 is 2.22 bits per heavy atom. The van der Waals surface area contributed by atoms with E-state index in [1.165, 1.54) is 12.1 Å². The quantitative estimate of drug-likeness (QED) is 0.656. The lowest BCUT2D eigenvalue weighted by atomic mass is 10.0. The number of rotatable bonds is 7. The number of benzene rings is 1. The fourth-order valence-electron chi connectivity index (χ4n) is 2.98. The zero-order chi connectivity index (χ0) is 19.2. The van der Waals surface area contributed by atoms with Gasteiger partial charge in [0.05, 0.1) is 23.6 Å². The summed E-state index contributed by atoms with van der Waals surface area (Å²) in [5, 5.41) is 3.08. The molecule has 0 aliphatic heterocycles. The van der Waals surface area contributed by atoms with Crippen molar-refractivity contribution >= 4 is 17.1 Å². The number of hydrogen-bond donors (Lipinski definition) is 2. The first kappa shape index (κ1) is 18.8. The van der Waals surface area contributed by atoms with Gasteiger partial charge >= 0.3 is 6.03 Å². The largest absolute Gasteiger partial charge is 0.340 e. The SMILES string of the molecule is CCCC[C@H](NC(=O)N(C)Cc1nc2ccc(F)cc2[nH]1)c1cccnc1. The second kappa shape index (κ2) is 8.62. The highest BCUT2D eigenvalue weighted by atomic mass is 19.1. The van der Waals surface area contributed by atoms with Crippen LogP contribution in [0.4, 0.5) is 9.18 Å². The zero-order valence-electron chi connectivity index (χ0n) is 15.6. The minimum atomic E-state index is -0.320. The third-order valence-corrected chi connectivity index (χ3v) is 4.46. The highest BCUT2D eigenvalue weighted by Crippen LogP contribution is 2.19. The Hall–Kier alpha value is -2.96. The van der Waals surface area contributed by atoms with Crippen LogP contribution in [0.1, 0.15) is 43.6 Å². The van der Waals surface area contributed by atoms with Gasteiger partial charge in [0.15, 0.2) is 0 Å². The molecule has 2 N–H and O–H groups in total. The van der Waals surface area contributed by atoms with Gasteiger partial charge in [0.25, 0.3) is 0 Å². The number of hydrogen-bond acceptors (Lipinski definition) is 3. The molecule has 0 aliphatic carbocycles. The van der Waals surface area contributed by atoms with Gasteiger partial charge in [-0.2, -0.15) is 0 Å². The van der Waals surface area contributed by atoms with Crippen molar-refractivity contribution in [3.63, 3.8) is 0 Å². The molecule has 2 heterocycles. The third-order valence-electron chi connectivity index (χ3n) is 4.46. The molecule has 142 valence electrons. The molecule has 0 radical (unpaired) electrons. The van der Waals surface area contributed by atoms with Crippen LogP contribution in [0.15, 0.2) is 42.7 Å². The Bertz CT molecular complexity index is 896. The number of carbonyl (C=O) groups is 1. The molecule has 0 aliphatic rings.